The third-order valence-electron chi connectivity index (χ3n) is 2.65. The minimum Gasteiger partial charge on any atom is -0.348 e. The van der Waals surface area contributed by atoms with Crippen molar-refractivity contribution in [2.45, 2.75) is 25.8 Å². The van der Waals surface area contributed by atoms with Gasteiger partial charge in [-0.3, -0.25) is 4.79 Å². The topological polar surface area (TPSA) is 54.9 Å². The van der Waals surface area contributed by atoms with E-state index in [0.29, 0.717) is 22.1 Å². The molecule has 0 radical (unpaired) electrons. The third-order valence-corrected chi connectivity index (χ3v) is 3.23. The first-order valence-electron chi connectivity index (χ1n) is 4.98. The Hall–Kier alpha value is -0.970. The molecule has 80 valence electrons. The minimum absolute atomic E-state index is 0.120. The first-order chi connectivity index (χ1) is 7.22. The lowest BCUT2D eigenvalue weighted by molar-refractivity contribution is 0.0943. The summed E-state index contributed by atoms with van der Waals surface area (Å²) in [7, 11) is 0. The molecule has 0 saturated heterocycles. The van der Waals surface area contributed by atoms with Crippen LogP contribution in [0.15, 0.2) is 17.0 Å². The molecule has 15 heavy (non-hydrogen) atoms. The summed E-state index contributed by atoms with van der Waals surface area (Å²) < 4.78 is 0.635. The zero-order valence-corrected chi connectivity index (χ0v) is 9.99. The second-order valence-corrected chi connectivity index (χ2v) is 4.56. The van der Waals surface area contributed by atoms with Gasteiger partial charge in [0, 0.05) is 12.2 Å². The molecule has 4 nitrogen and oxygen atoms in total. The molecule has 0 spiro atoms. The van der Waals surface area contributed by atoms with Crippen LogP contribution in [-0.2, 0) is 0 Å². The van der Waals surface area contributed by atoms with E-state index in [2.05, 4.69) is 38.1 Å². The van der Waals surface area contributed by atoms with Crippen molar-refractivity contribution < 1.29 is 4.79 Å². The standard InChI is InChI=1S/C10H12BrN3O/c1-2-6-3-8(6)14-10(15)9-7(11)4-12-5-13-9/h4-6,8H,2-3H2,1H3,(H,14,15). The Kier molecular flexibility index (Phi) is 3.00. The molecule has 0 aromatic carbocycles. The van der Waals surface area contributed by atoms with Crippen molar-refractivity contribution in [3.05, 3.63) is 22.7 Å². The monoisotopic (exact) mass is 269 g/mol. The second kappa shape index (κ2) is 4.26. The fraction of sp³-hybridized carbons (Fsp3) is 0.500. The predicted octanol–water partition coefficient (Wildman–Crippen LogP) is 1.77. The van der Waals surface area contributed by atoms with Gasteiger partial charge in [0.1, 0.15) is 12.0 Å². The van der Waals surface area contributed by atoms with Gasteiger partial charge in [-0.1, -0.05) is 13.3 Å². The van der Waals surface area contributed by atoms with Gasteiger partial charge in [0.15, 0.2) is 0 Å². The second-order valence-electron chi connectivity index (χ2n) is 3.70. The van der Waals surface area contributed by atoms with Gasteiger partial charge in [-0.2, -0.15) is 0 Å². The van der Waals surface area contributed by atoms with Gasteiger partial charge in [0.05, 0.1) is 4.47 Å². The molecule has 1 aliphatic rings. The summed E-state index contributed by atoms with van der Waals surface area (Å²) in [5.41, 5.74) is 0.409. The zero-order chi connectivity index (χ0) is 10.8. The molecule has 1 amide bonds. The molecule has 2 atom stereocenters. The third kappa shape index (κ3) is 2.34. The fourth-order valence-corrected chi connectivity index (χ4v) is 1.99. The van der Waals surface area contributed by atoms with E-state index in [4.69, 9.17) is 0 Å². The van der Waals surface area contributed by atoms with Crippen molar-refractivity contribution in [3.63, 3.8) is 0 Å². The van der Waals surface area contributed by atoms with Gasteiger partial charge in [0.2, 0.25) is 0 Å². The van der Waals surface area contributed by atoms with Crippen LogP contribution in [0.25, 0.3) is 0 Å². The Bertz CT molecular complexity index is 383. The Balaban J connectivity index is 2.00. The van der Waals surface area contributed by atoms with E-state index >= 15 is 0 Å². The summed E-state index contributed by atoms with van der Waals surface area (Å²) in [5.74, 6) is 0.528. The number of aromatic nitrogens is 2. The molecule has 5 heteroatoms. The number of hydrogen-bond donors (Lipinski definition) is 1. The molecule has 1 aromatic heterocycles. The number of nitrogens with zero attached hydrogens (tertiary/aromatic N) is 2. The van der Waals surface area contributed by atoms with E-state index in [1.54, 1.807) is 6.20 Å². The molecular weight excluding hydrogens is 258 g/mol. The number of amides is 1. The quantitative estimate of drug-likeness (QED) is 0.910. The van der Waals surface area contributed by atoms with Crippen LogP contribution in [0, 0.1) is 5.92 Å². The fourth-order valence-electron chi connectivity index (χ4n) is 1.59. The van der Waals surface area contributed by atoms with Gasteiger partial charge >= 0.3 is 0 Å². The summed E-state index contributed by atoms with van der Waals surface area (Å²) in [6.07, 6.45) is 5.16. The highest BCUT2D eigenvalue weighted by Crippen LogP contribution is 2.33. The molecule has 0 aliphatic heterocycles. The van der Waals surface area contributed by atoms with Gasteiger partial charge in [-0.15, -0.1) is 0 Å². The summed E-state index contributed by atoms with van der Waals surface area (Å²) in [4.78, 5) is 19.5. The van der Waals surface area contributed by atoms with Crippen LogP contribution in [0.5, 0.6) is 0 Å². The van der Waals surface area contributed by atoms with E-state index in [1.165, 1.54) is 6.33 Å². The highest BCUT2D eigenvalue weighted by molar-refractivity contribution is 9.10. The first kappa shape index (κ1) is 10.5. The number of carbonyl (C=O) groups excluding carboxylic acids is 1. The summed E-state index contributed by atoms with van der Waals surface area (Å²) in [6.45, 7) is 2.14. The molecule has 1 fully saturated rings. The predicted molar refractivity (Wildman–Crippen MR) is 59.4 cm³/mol. The van der Waals surface area contributed by atoms with Crippen molar-refractivity contribution in [2.75, 3.05) is 0 Å². The zero-order valence-electron chi connectivity index (χ0n) is 8.40. The summed E-state index contributed by atoms with van der Waals surface area (Å²) in [5, 5.41) is 2.95. The van der Waals surface area contributed by atoms with E-state index < -0.39 is 0 Å². The molecule has 1 aromatic rings. The van der Waals surface area contributed by atoms with Gasteiger partial charge in [-0.25, -0.2) is 9.97 Å². The Morgan fingerprint density at radius 2 is 2.53 bits per heavy atom. The van der Waals surface area contributed by atoms with Crippen LogP contribution in [0.4, 0.5) is 0 Å². The first-order valence-corrected chi connectivity index (χ1v) is 5.78. The SMILES string of the molecule is CCC1CC1NC(=O)c1ncncc1Br. The van der Waals surface area contributed by atoms with Crippen molar-refractivity contribution in [3.8, 4) is 0 Å². The minimum atomic E-state index is -0.120. The van der Waals surface area contributed by atoms with Gasteiger partial charge in [-0.05, 0) is 28.3 Å². The van der Waals surface area contributed by atoms with E-state index in [9.17, 15) is 4.79 Å². The maximum atomic E-state index is 11.7. The number of nitrogens with one attached hydrogen (secondary N) is 1. The maximum absolute atomic E-state index is 11.7. The molecule has 1 heterocycles. The van der Waals surface area contributed by atoms with E-state index in [1.807, 2.05) is 0 Å². The largest absolute Gasteiger partial charge is 0.348 e. The molecule has 1 aliphatic carbocycles. The van der Waals surface area contributed by atoms with Crippen LogP contribution in [-0.4, -0.2) is 21.9 Å². The lowest BCUT2D eigenvalue weighted by Gasteiger charge is -2.04. The maximum Gasteiger partial charge on any atom is 0.271 e. The number of carbonyl (C=O) groups is 1. The highest BCUT2D eigenvalue weighted by atomic mass is 79.9. The average Bonchev–Trinajstić information content (AvgIpc) is 2.97. The van der Waals surface area contributed by atoms with Crippen molar-refractivity contribution in [1.82, 2.24) is 15.3 Å². The van der Waals surface area contributed by atoms with Crippen LogP contribution in [0.3, 0.4) is 0 Å². The molecule has 0 bridgehead atoms. The van der Waals surface area contributed by atoms with Crippen molar-refractivity contribution in [1.29, 1.82) is 0 Å². The lowest BCUT2D eigenvalue weighted by Crippen LogP contribution is -2.28. The Morgan fingerprint density at radius 3 is 3.13 bits per heavy atom. The normalized spacial score (nSPS) is 23.6. The van der Waals surface area contributed by atoms with Crippen LogP contribution >= 0.6 is 15.9 Å². The number of hydrogen-bond acceptors (Lipinski definition) is 3. The number of rotatable bonds is 3. The van der Waals surface area contributed by atoms with Gasteiger partial charge < -0.3 is 5.32 Å². The smallest absolute Gasteiger partial charge is 0.271 e. The molecule has 1 N–H and O–H groups in total. The van der Waals surface area contributed by atoms with E-state index in [0.717, 1.165) is 12.8 Å². The molecule has 2 unspecified atom stereocenters. The average molecular weight is 270 g/mol. The molecule has 1 saturated carbocycles. The van der Waals surface area contributed by atoms with Crippen molar-refractivity contribution in [2.24, 2.45) is 5.92 Å². The van der Waals surface area contributed by atoms with Crippen LogP contribution in [0.2, 0.25) is 0 Å². The van der Waals surface area contributed by atoms with Crippen LogP contribution in [0.1, 0.15) is 30.3 Å². The molecular formula is C10H12BrN3O. The summed E-state index contributed by atoms with van der Waals surface area (Å²) >= 11 is 3.25. The van der Waals surface area contributed by atoms with E-state index in [-0.39, 0.29) is 5.91 Å². The lowest BCUT2D eigenvalue weighted by atomic mass is 10.3. The van der Waals surface area contributed by atoms with Crippen LogP contribution < -0.4 is 5.32 Å². The van der Waals surface area contributed by atoms with Crippen molar-refractivity contribution >= 4 is 21.8 Å². The highest BCUT2D eigenvalue weighted by Gasteiger charge is 2.36. The molecule has 2 rings (SSSR count). The Morgan fingerprint density at radius 1 is 1.73 bits per heavy atom. The number of halogens is 1. The summed E-state index contributed by atoms with van der Waals surface area (Å²) in [6, 6.07) is 0.337. The Labute approximate surface area is 96.6 Å². The van der Waals surface area contributed by atoms with Gasteiger partial charge in [0.25, 0.3) is 5.91 Å².